The van der Waals surface area contributed by atoms with E-state index in [1.54, 1.807) is 23.1 Å². The van der Waals surface area contributed by atoms with Crippen LogP contribution < -0.4 is 0 Å². The normalized spacial score (nSPS) is 10.7. The van der Waals surface area contributed by atoms with Gasteiger partial charge in [0.2, 0.25) is 0 Å². The number of imidazole rings is 1. The maximum atomic E-state index is 5.81. The van der Waals surface area contributed by atoms with Gasteiger partial charge in [-0.25, -0.2) is 4.98 Å². The zero-order valence-electron chi connectivity index (χ0n) is 5.33. The van der Waals surface area contributed by atoms with Gasteiger partial charge < -0.3 is 0 Å². The lowest BCUT2D eigenvalue weighted by molar-refractivity contribution is 1.12. The topological polar surface area (TPSA) is 30.2 Å². The minimum Gasteiger partial charge on any atom is -0.285 e. The maximum absolute atomic E-state index is 5.81. The fourth-order valence-corrected chi connectivity index (χ4v) is 1.43. The molecule has 0 amide bonds. The summed E-state index contributed by atoms with van der Waals surface area (Å²) in [6.45, 7) is 0. The molecular weight excluding hydrogens is 229 g/mol. The van der Waals surface area contributed by atoms with E-state index < -0.39 is 0 Å². The van der Waals surface area contributed by atoms with Crippen LogP contribution in [0.4, 0.5) is 0 Å². The van der Waals surface area contributed by atoms with E-state index in [0.717, 1.165) is 10.1 Å². The standard InChI is InChI=1S/C6H3BrClN3/c7-6-4-1-9-2-5(8)11(4)3-10-6/h1-3H. The molecule has 0 saturated heterocycles. The molecule has 0 atom stereocenters. The van der Waals surface area contributed by atoms with Crippen molar-refractivity contribution in [3.05, 3.63) is 28.5 Å². The van der Waals surface area contributed by atoms with Gasteiger partial charge in [-0.2, -0.15) is 0 Å². The van der Waals surface area contributed by atoms with Crippen molar-refractivity contribution in [3.63, 3.8) is 0 Å². The smallest absolute Gasteiger partial charge is 0.133 e. The Morgan fingerprint density at radius 3 is 3.00 bits per heavy atom. The van der Waals surface area contributed by atoms with Gasteiger partial charge in [-0.3, -0.25) is 9.38 Å². The first kappa shape index (κ1) is 7.06. The first-order valence-corrected chi connectivity index (χ1v) is 4.08. The molecule has 0 radical (unpaired) electrons. The van der Waals surface area contributed by atoms with Crippen LogP contribution in [-0.4, -0.2) is 14.4 Å². The molecule has 2 aromatic rings. The van der Waals surface area contributed by atoms with Gasteiger partial charge in [-0.15, -0.1) is 0 Å². The lowest BCUT2D eigenvalue weighted by atomic mass is 10.6. The number of hydrogen-bond donors (Lipinski definition) is 0. The Morgan fingerprint density at radius 2 is 2.27 bits per heavy atom. The first-order valence-electron chi connectivity index (χ1n) is 2.91. The van der Waals surface area contributed by atoms with Crippen LogP contribution in [-0.2, 0) is 0 Å². The molecule has 3 nitrogen and oxygen atoms in total. The van der Waals surface area contributed by atoms with Crippen LogP contribution in [0.3, 0.4) is 0 Å². The molecule has 2 rings (SSSR count). The van der Waals surface area contributed by atoms with E-state index in [9.17, 15) is 0 Å². The first-order chi connectivity index (χ1) is 5.29. The van der Waals surface area contributed by atoms with Crippen molar-refractivity contribution < 1.29 is 0 Å². The molecule has 0 N–H and O–H groups in total. The monoisotopic (exact) mass is 231 g/mol. The summed E-state index contributed by atoms with van der Waals surface area (Å²) in [5, 5.41) is 0.556. The van der Waals surface area contributed by atoms with E-state index in [1.165, 1.54) is 0 Å². The van der Waals surface area contributed by atoms with Crippen LogP contribution in [0.1, 0.15) is 0 Å². The van der Waals surface area contributed by atoms with Gasteiger partial charge in [0, 0.05) is 0 Å². The summed E-state index contributed by atoms with van der Waals surface area (Å²) in [7, 11) is 0. The third-order valence-electron chi connectivity index (χ3n) is 1.37. The summed E-state index contributed by atoms with van der Waals surface area (Å²) in [5.41, 5.74) is 0.873. The number of halogens is 2. The van der Waals surface area contributed by atoms with Crippen molar-refractivity contribution in [1.82, 2.24) is 14.4 Å². The average molecular weight is 232 g/mol. The molecule has 0 bridgehead atoms. The highest BCUT2D eigenvalue weighted by atomic mass is 79.9. The Bertz CT molecular complexity index is 398. The highest BCUT2D eigenvalue weighted by molar-refractivity contribution is 9.10. The van der Waals surface area contributed by atoms with Crippen LogP contribution in [0.25, 0.3) is 5.52 Å². The van der Waals surface area contributed by atoms with E-state index in [1.807, 2.05) is 0 Å². The Labute approximate surface area is 76.2 Å². The van der Waals surface area contributed by atoms with Crippen molar-refractivity contribution in [3.8, 4) is 0 Å². The highest BCUT2D eigenvalue weighted by Gasteiger charge is 2.02. The minimum atomic E-state index is 0.556. The van der Waals surface area contributed by atoms with Crippen LogP contribution in [0.2, 0.25) is 5.15 Å². The van der Waals surface area contributed by atoms with Crippen LogP contribution in [0, 0.1) is 0 Å². The molecule has 0 fully saturated rings. The number of rotatable bonds is 0. The van der Waals surface area contributed by atoms with E-state index in [4.69, 9.17) is 11.6 Å². The SMILES string of the molecule is Clc1cncc2c(Br)ncn12. The quantitative estimate of drug-likeness (QED) is 0.697. The Hall–Kier alpha value is -0.610. The van der Waals surface area contributed by atoms with Crippen molar-refractivity contribution in [2.45, 2.75) is 0 Å². The second-order valence-electron chi connectivity index (χ2n) is 2.02. The van der Waals surface area contributed by atoms with E-state index >= 15 is 0 Å². The van der Waals surface area contributed by atoms with Crippen LogP contribution >= 0.6 is 27.5 Å². The average Bonchev–Trinajstić information content (AvgIpc) is 2.35. The third kappa shape index (κ3) is 1.02. The molecule has 0 aliphatic rings. The minimum absolute atomic E-state index is 0.556. The molecule has 0 spiro atoms. The largest absolute Gasteiger partial charge is 0.285 e. The fourth-order valence-electron chi connectivity index (χ4n) is 0.853. The molecule has 5 heteroatoms. The van der Waals surface area contributed by atoms with E-state index in [2.05, 4.69) is 25.9 Å². The molecule has 0 saturated carbocycles. The van der Waals surface area contributed by atoms with E-state index in [0.29, 0.717) is 5.15 Å². The molecule has 2 heterocycles. The lowest BCUT2D eigenvalue weighted by Crippen LogP contribution is -1.84. The van der Waals surface area contributed by atoms with Crippen LogP contribution in [0.5, 0.6) is 0 Å². The summed E-state index contributed by atoms with van der Waals surface area (Å²) in [4.78, 5) is 7.93. The number of hydrogen-bond acceptors (Lipinski definition) is 2. The Balaban J connectivity index is 2.94. The second-order valence-corrected chi connectivity index (χ2v) is 3.16. The summed E-state index contributed by atoms with van der Waals surface area (Å²) in [6.07, 6.45) is 4.91. The zero-order valence-corrected chi connectivity index (χ0v) is 7.67. The van der Waals surface area contributed by atoms with Gasteiger partial charge in [-0.05, 0) is 15.9 Å². The van der Waals surface area contributed by atoms with Gasteiger partial charge in [0.15, 0.2) is 0 Å². The van der Waals surface area contributed by atoms with Crippen LogP contribution in [0.15, 0.2) is 23.3 Å². The summed E-state index contributed by atoms with van der Waals surface area (Å²) in [5.74, 6) is 0. The fraction of sp³-hybridized carbons (Fsp3) is 0. The van der Waals surface area contributed by atoms with Crippen molar-refractivity contribution in [2.75, 3.05) is 0 Å². The van der Waals surface area contributed by atoms with Crippen molar-refractivity contribution in [2.24, 2.45) is 0 Å². The number of nitrogens with zero attached hydrogens (tertiary/aromatic N) is 3. The van der Waals surface area contributed by atoms with Gasteiger partial charge in [-0.1, -0.05) is 11.6 Å². The lowest BCUT2D eigenvalue weighted by Gasteiger charge is -1.93. The van der Waals surface area contributed by atoms with Crippen molar-refractivity contribution >= 4 is 33.0 Å². The van der Waals surface area contributed by atoms with Gasteiger partial charge in [0.05, 0.1) is 17.9 Å². The molecular formula is C6H3BrClN3. The summed E-state index contributed by atoms with van der Waals surface area (Å²) >= 11 is 9.08. The van der Waals surface area contributed by atoms with Gasteiger partial charge in [0.1, 0.15) is 16.1 Å². The van der Waals surface area contributed by atoms with E-state index in [-0.39, 0.29) is 0 Å². The predicted molar refractivity (Wildman–Crippen MR) is 45.7 cm³/mol. The maximum Gasteiger partial charge on any atom is 0.133 e. The van der Waals surface area contributed by atoms with Gasteiger partial charge >= 0.3 is 0 Å². The molecule has 0 aliphatic carbocycles. The van der Waals surface area contributed by atoms with Gasteiger partial charge in [0.25, 0.3) is 0 Å². The highest BCUT2D eigenvalue weighted by Crippen LogP contribution is 2.18. The molecule has 11 heavy (non-hydrogen) atoms. The molecule has 0 unspecified atom stereocenters. The Morgan fingerprint density at radius 1 is 1.45 bits per heavy atom. The number of aromatic nitrogens is 3. The second kappa shape index (κ2) is 2.46. The molecule has 0 aromatic carbocycles. The zero-order chi connectivity index (χ0) is 7.84. The number of fused-ring (bicyclic) bond motifs is 1. The summed E-state index contributed by atoms with van der Waals surface area (Å²) < 4.78 is 2.51. The predicted octanol–water partition coefficient (Wildman–Crippen LogP) is 2.15. The molecule has 56 valence electrons. The summed E-state index contributed by atoms with van der Waals surface area (Å²) in [6, 6.07) is 0. The third-order valence-corrected chi connectivity index (χ3v) is 2.26. The molecule has 2 aromatic heterocycles. The molecule has 0 aliphatic heterocycles. The van der Waals surface area contributed by atoms with Crippen molar-refractivity contribution in [1.29, 1.82) is 0 Å². The Kier molecular flexibility index (Phi) is 1.58.